The van der Waals surface area contributed by atoms with E-state index in [1.165, 1.54) is 0 Å². The minimum absolute atomic E-state index is 0.558. The smallest absolute Gasteiger partial charge is 0.126 e. The molecular weight excluding hydrogens is 188 g/mol. The molecule has 0 amide bonds. The molecule has 1 aromatic heterocycles. The number of nitrogens with zero attached hydrogens (tertiary/aromatic N) is 3. The van der Waals surface area contributed by atoms with Crippen LogP contribution < -0.4 is 5.32 Å². The van der Waals surface area contributed by atoms with Crippen LogP contribution in [0.4, 0.5) is 5.82 Å². The zero-order chi connectivity index (χ0) is 11.1. The molecule has 0 unspecified atom stereocenters. The van der Waals surface area contributed by atoms with E-state index >= 15 is 0 Å². The maximum absolute atomic E-state index is 8.46. The van der Waals surface area contributed by atoms with Crippen molar-refractivity contribution in [3.05, 3.63) is 23.9 Å². The maximum Gasteiger partial charge on any atom is 0.126 e. The molecule has 1 heterocycles. The SMILES string of the molecule is CNc1cccc(CN(C)CCC#N)n1. The second-order valence-electron chi connectivity index (χ2n) is 3.41. The molecule has 80 valence electrons. The van der Waals surface area contributed by atoms with Crippen LogP contribution in [0.1, 0.15) is 12.1 Å². The van der Waals surface area contributed by atoms with Crippen LogP contribution in [0.5, 0.6) is 0 Å². The Kier molecular flexibility index (Phi) is 4.58. The van der Waals surface area contributed by atoms with Crippen LogP contribution in [-0.4, -0.2) is 30.5 Å². The number of anilines is 1. The fraction of sp³-hybridized carbons (Fsp3) is 0.455. The van der Waals surface area contributed by atoms with Crippen molar-refractivity contribution in [2.24, 2.45) is 0 Å². The minimum Gasteiger partial charge on any atom is -0.373 e. The molecule has 1 N–H and O–H groups in total. The van der Waals surface area contributed by atoms with E-state index in [4.69, 9.17) is 5.26 Å². The summed E-state index contributed by atoms with van der Waals surface area (Å²) in [5, 5.41) is 11.5. The Balaban J connectivity index is 2.52. The van der Waals surface area contributed by atoms with Gasteiger partial charge in [0.2, 0.25) is 0 Å². The second-order valence-corrected chi connectivity index (χ2v) is 3.41. The van der Waals surface area contributed by atoms with E-state index in [-0.39, 0.29) is 0 Å². The number of nitriles is 1. The molecule has 4 nitrogen and oxygen atoms in total. The van der Waals surface area contributed by atoms with Crippen molar-refractivity contribution in [3.63, 3.8) is 0 Å². The third-order valence-electron chi connectivity index (χ3n) is 2.10. The van der Waals surface area contributed by atoms with Gasteiger partial charge in [0, 0.05) is 26.6 Å². The molecule has 0 aromatic carbocycles. The summed E-state index contributed by atoms with van der Waals surface area (Å²) < 4.78 is 0. The minimum atomic E-state index is 0.558. The number of rotatable bonds is 5. The zero-order valence-electron chi connectivity index (χ0n) is 9.20. The van der Waals surface area contributed by atoms with Crippen molar-refractivity contribution in [2.45, 2.75) is 13.0 Å². The summed E-state index contributed by atoms with van der Waals surface area (Å²) in [6.45, 7) is 1.55. The highest BCUT2D eigenvalue weighted by molar-refractivity contribution is 5.34. The molecule has 1 rings (SSSR count). The molecule has 0 radical (unpaired) electrons. The highest BCUT2D eigenvalue weighted by Gasteiger charge is 2.01. The summed E-state index contributed by atoms with van der Waals surface area (Å²) >= 11 is 0. The predicted molar refractivity (Wildman–Crippen MR) is 60.3 cm³/mol. The summed E-state index contributed by atoms with van der Waals surface area (Å²) in [4.78, 5) is 6.49. The van der Waals surface area contributed by atoms with Gasteiger partial charge in [-0.15, -0.1) is 0 Å². The third-order valence-corrected chi connectivity index (χ3v) is 2.10. The monoisotopic (exact) mass is 204 g/mol. The van der Waals surface area contributed by atoms with E-state index in [1.54, 1.807) is 0 Å². The molecule has 0 spiro atoms. The Labute approximate surface area is 90.5 Å². The molecule has 1 aromatic rings. The summed E-state index contributed by atoms with van der Waals surface area (Å²) in [6.07, 6.45) is 0.558. The normalized spacial score (nSPS) is 10.0. The molecule has 4 heteroatoms. The van der Waals surface area contributed by atoms with Crippen LogP contribution >= 0.6 is 0 Å². The molecule has 0 atom stereocenters. The van der Waals surface area contributed by atoms with Crippen molar-refractivity contribution < 1.29 is 0 Å². The first-order chi connectivity index (χ1) is 7.26. The molecule has 0 saturated heterocycles. The van der Waals surface area contributed by atoms with Gasteiger partial charge >= 0.3 is 0 Å². The Morgan fingerprint density at radius 1 is 1.53 bits per heavy atom. The first-order valence-corrected chi connectivity index (χ1v) is 4.95. The number of hydrogen-bond acceptors (Lipinski definition) is 4. The van der Waals surface area contributed by atoms with Crippen LogP contribution in [0.25, 0.3) is 0 Å². The molecular formula is C11H16N4. The van der Waals surface area contributed by atoms with Crippen molar-refractivity contribution in [2.75, 3.05) is 26.0 Å². The topological polar surface area (TPSA) is 52.0 Å². The molecule has 0 saturated carbocycles. The number of nitrogens with one attached hydrogen (secondary N) is 1. The Morgan fingerprint density at radius 2 is 2.33 bits per heavy atom. The van der Waals surface area contributed by atoms with Crippen LogP contribution in [0.15, 0.2) is 18.2 Å². The lowest BCUT2D eigenvalue weighted by molar-refractivity contribution is 0.331. The lowest BCUT2D eigenvalue weighted by atomic mass is 10.3. The van der Waals surface area contributed by atoms with Gasteiger partial charge < -0.3 is 5.32 Å². The zero-order valence-corrected chi connectivity index (χ0v) is 9.20. The average Bonchev–Trinajstić information content (AvgIpc) is 2.26. The van der Waals surface area contributed by atoms with Crippen LogP contribution in [0.3, 0.4) is 0 Å². The molecule has 15 heavy (non-hydrogen) atoms. The van der Waals surface area contributed by atoms with E-state index < -0.39 is 0 Å². The van der Waals surface area contributed by atoms with Gasteiger partial charge in [0.05, 0.1) is 11.8 Å². The third kappa shape index (κ3) is 3.96. The van der Waals surface area contributed by atoms with Gasteiger partial charge in [-0.3, -0.25) is 4.90 Å². The Morgan fingerprint density at radius 3 is 3.00 bits per heavy atom. The van der Waals surface area contributed by atoms with Gasteiger partial charge in [-0.1, -0.05) is 6.07 Å². The second kappa shape index (κ2) is 5.99. The molecule has 0 bridgehead atoms. The summed E-state index contributed by atoms with van der Waals surface area (Å²) in [5.74, 6) is 0.876. The molecule has 0 aliphatic carbocycles. The fourth-order valence-electron chi connectivity index (χ4n) is 1.30. The molecule has 0 aliphatic heterocycles. The number of pyridine rings is 1. The Hall–Kier alpha value is -1.60. The number of hydrogen-bond donors (Lipinski definition) is 1. The maximum atomic E-state index is 8.46. The van der Waals surface area contributed by atoms with Crippen molar-refractivity contribution in [1.82, 2.24) is 9.88 Å². The van der Waals surface area contributed by atoms with Gasteiger partial charge in [0.25, 0.3) is 0 Å². The van der Waals surface area contributed by atoms with Gasteiger partial charge in [-0.2, -0.15) is 5.26 Å². The van der Waals surface area contributed by atoms with Gasteiger partial charge in [0.15, 0.2) is 0 Å². The molecule has 0 fully saturated rings. The first kappa shape index (κ1) is 11.5. The van der Waals surface area contributed by atoms with Crippen molar-refractivity contribution >= 4 is 5.82 Å². The lowest BCUT2D eigenvalue weighted by Gasteiger charge is -2.14. The van der Waals surface area contributed by atoms with E-state index in [0.29, 0.717) is 6.42 Å². The van der Waals surface area contributed by atoms with Gasteiger partial charge in [-0.05, 0) is 19.2 Å². The van der Waals surface area contributed by atoms with Gasteiger partial charge in [0.1, 0.15) is 5.82 Å². The lowest BCUT2D eigenvalue weighted by Crippen LogP contribution is -2.19. The largest absolute Gasteiger partial charge is 0.373 e. The fourth-order valence-corrected chi connectivity index (χ4v) is 1.30. The highest BCUT2D eigenvalue weighted by Crippen LogP contribution is 2.05. The van der Waals surface area contributed by atoms with Crippen LogP contribution in [0, 0.1) is 11.3 Å². The summed E-state index contributed by atoms with van der Waals surface area (Å²) in [7, 11) is 3.84. The predicted octanol–water partition coefficient (Wildman–Crippen LogP) is 1.47. The van der Waals surface area contributed by atoms with E-state index in [2.05, 4.69) is 21.3 Å². The Bertz CT molecular complexity index is 343. The number of aromatic nitrogens is 1. The first-order valence-electron chi connectivity index (χ1n) is 4.95. The van der Waals surface area contributed by atoms with E-state index in [1.807, 2.05) is 32.3 Å². The van der Waals surface area contributed by atoms with Crippen molar-refractivity contribution in [1.29, 1.82) is 5.26 Å². The van der Waals surface area contributed by atoms with Gasteiger partial charge in [-0.25, -0.2) is 4.98 Å². The van der Waals surface area contributed by atoms with E-state index in [9.17, 15) is 0 Å². The van der Waals surface area contributed by atoms with Crippen LogP contribution in [-0.2, 0) is 6.54 Å². The summed E-state index contributed by atoms with van der Waals surface area (Å²) in [6, 6.07) is 8.03. The van der Waals surface area contributed by atoms with Crippen molar-refractivity contribution in [3.8, 4) is 6.07 Å². The molecule has 0 aliphatic rings. The average molecular weight is 204 g/mol. The summed E-state index contributed by atoms with van der Waals surface area (Å²) in [5.41, 5.74) is 1.02. The quantitative estimate of drug-likeness (QED) is 0.789. The van der Waals surface area contributed by atoms with Crippen LogP contribution in [0.2, 0.25) is 0 Å². The highest BCUT2D eigenvalue weighted by atomic mass is 15.1. The van der Waals surface area contributed by atoms with E-state index in [0.717, 1.165) is 24.6 Å². The standard InChI is InChI=1S/C11H16N4/c1-13-11-6-3-5-10(14-11)9-15(2)8-4-7-12/h3,5-6H,4,8-9H2,1-2H3,(H,13,14).